The highest BCUT2D eigenvalue weighted by molar-refractivity contribution is 6.12. The third-order valence-electron chi connectivity index (χ3n) is 9.19. The average molecular weight is 488 g/mol. The molecule has 0 aliphatic heterocycles. The van der Waals surface area contributed by atoms with Crippen molar-refractivity contribution in [3.63, 3.8) is 0 Å². The van der Waals surface area contributed by atoms with Crippen LogP contribution in [0.3, 0.4) is 0 Å². The van der Waals surface area contributed by atoms with Crippen molar-refractivity contribution in [2.75, 3.05) is 5.32 Å². The highest BCUT2D eigenvalue weighted by Crippen LogP contribution is 2.60. The predicted octanol–water partition coefficient (Wildman–Crippen LogP) is 6.82. The van der Waals surface area contributed by atoms with Crippen LogP contribution in [0.1, 0.15) is 92.7 Å². The first-order valence-electron chi connectivity index (χ1n) is 13.8. The molecule has 1 heterocycles. The molecule has 36 heavy (non-hydrogen) atoms. The van der Waals surface area contributed by atoms with Gasteiger partial charge in [0, 0.05) is 22.1 Å². The van der Waals surface area contributed by atoms with Gasteiger partial charge in [0.2, 0.25) is 5.95 Å². The molecule has 4 N–H and O–H groups in total. The highest BCUT2D eigenvalue weighted by Gasteiger charge is 2.52. The Balaban J connectivity index is 1.28. The summed E-state index contributed by atoms with van der Waals surface area (Å²) in [5, 5.41) is 26.4. The standard InChI is InChI=1S/C30H37N3O3/c1-2-3-4-5-9-22-21-8-6-7-10-23(21)27(35)25(26(22)34)28(36)33-29-31-17-24(32-29)30-14-18-11-19(15-30)13-20(12-18)16-30/h6-8,10,17-20,34-35H,2-5,9,11-16H2,1H3,(H2,31,32,33,36). The van der Waals surface area contributed by atoms with Crippen molar-refractivity contribution in [2.45, 2.75) is 83.0 Å². The van der Waals surface area contributed by atoms with Crippen LogP contribution in [0.4, 0.5) is 5.95 Å². The zero-order valence-electron chi connectivity index (χ0n) is 21.1. The fraction of sp³-hybridized carbons (Fsp3) is 0.533. The van der Waals surface area contributed by atoms with Gasteiger partial charge in [0.15, 0.2) is 0 Å². The fourth-order valence-electron chi connectivity index (χ4n) is 7.94. The summed E-state index contributed by atoms with van der Waals surface area (Å²) >= 11 is 0. The number of aromatic nitrogens is 2. The Bertz CT molecular complexity index is 1260. The molecule has 4 fully saturated rings. The van der Waals surface area contributed by atoms with E-state index >= 15 is 0 Å². The molecule has 0 radical (unpaired) electrons. The molecule has 4 aliphatic carbocycles. The quantitative estimate of drug-likeness (QED) is 0.262. The maximum Gasteiger partial charge on any atom is 0.265 e. The van der Waals surface area contributed by atoms with Crippen LogP contribution in [-0.2, 0) is 11.8 Å². The van der Waals surface area contributed by atoms with E-state index in [9.17, 15) is 15.0 Å². The van der Waals surface area contributed by atoms with Crippen LogP contribution in [0.2, 0.25) is 0 Å². The zero-order chi connectivity index (χ0) is 24.9. The number of rotatable bonds is 8. The number of fused-ring (bicyclic) bond motifs is 1. The molecule has 0 spiro atoms. The second-order valence-corrected chi connectivity index (χ2v) is 11.7. The second-order valence-electron chi connectivity index (χ2n) is 11.7. The molecular formula is C30H37N3O3. The number of amides is 1. The summed E-state index contributed by atoms with van der Waals surface area (Å²) in [6.07, 6.45) is 14.5. The normalized spacial score (nSPS) is 26.5. The van der Waals surface area contributed by atoms with Gasteiger partial charge in [-0.3, -0.25) is 10.1 Å². The number of unbranched alkanes of at least 4 members (excludes halogenated alkanes) is 3. The molecule has 4 bridgehead atoms. The Morgan fingerprint density at radius 2 is 1.67 bits per heavy atom. The number of aryl methyl sites for hydroxylation is 1. The van der Waals surface area contributed by atoms with Gasteiger partial charge in [-0.15, -0.1) is 0 Å². The molecule has 2 aromatic carbocycles. The number of aromatic amines is 1. The predicted molar refractivity (Wildman–Crippen MR) is 142 cm³/mol. The number of carbonyl (C=O) groups excluding carboxylic acids is 1. The number of hydrogen-bond donors (Lipinski definition) is 4. The van der Waals surface area contributed by atoms with Gasteiger partial charge < -0.3 is 15.2 Å². The minimum atomic E-state index is -0.544. The van der Waals surface area contributed by atoms with Crippen molar-refractivity contribution in [2.24, 2.45) is 17.8 Å². The van der Waals surface area contributed by atoms with E-state index < -0.39 is 5.91 Å². The lowest BCUT2D eigenvalue weighted by molar-refractivity contribution is -0.00698. The summed E-state index contributed by atoms with van der Waals surface area (Å²) in [6.45, 7) is 2.17. The summed E-state index contributed by atoms with van der Waals surface area (Å²) < 4.78 is 0. The summed E-state index contributed by atoms with van der Waals surface area (Å²) in [7, 11) is 0. The van der Waals surface area contributed by atoms with E-state index in [-0.39, 0.29) is 22.5 Å². The minimum Gasteiger partial charge on any atom is -0.507 e. The number of H-pyrrole nitrogens is 1. The molecule has 3 aromatic rings. The van der Waals surface area contributed by atoms with Gasteiger partial charge in [-0.05, 0) is 74.5 Å². The lowest BCUT2D eigenvalue weighted by Gasteiger charge is -2.56. The van der Waals surface area contributed by atoms with Crippen LogP contribution in [0.5, 0.6) is 11.5 Å². The number of phenolic OH excluding ortho intramolecular Hbond substituents is 2. The lowest BCUT2D eigenvalue weighted by Crippen LogP contribution is -2.48. The third-order valence-corrected chi connectivity index (χ3v) is 9.19. The molecular weight excluding hydrogens is 450 g/mol. The molecule has 0 atom stereocenters. The van der Waals surface area contributed by atoms with Crippen molar-refractivity contribution in [1.82, 2.24) is 9.97 Å². The minimum absolute atomic E-state index is 0.0769. The van der Waals surface area contributed by atoms with Gasteiger partial charge in [0.25, 0.3) is 5.91 Å². The number of imidazole rings is 1. The number of nitrogens with one attached hydrogen (secondary N) is 2. The molecule has 6 nitrogen and oxygen atoms in total. The number of hydrogen-bond acceptors (Lipinski definition) is 4. The molecule has 4 aliphatic rings. The third kappa shape index (κ3) is 3.95. The van der Waals surface area contributed by atoms with Crippen LogP contribution in [-0.4, -0.2) is 26.1 Å². The Morgan fingerprint density at radius 1 is 1.00 bits per heavy atom. The molecule has 6 heteroatoms. The summed E-state index contributed by atoms with van der Waals surface area (Å²) in [6, 6.07) is 7.43. The maximum absolute atomic E-state index is 13.4. The Morgan fingerprint density at radius 3 is 2.33 bits per heavy atom. The van der Waals surface area contributed by atoms with E-state index in [1.54, 1.807) is 6.07 Å². The van der Waals surface area contributed by atoms with Gasteiger partial charge in [-0.2, -0.15) is 0 Å². The van der Waals surface area contributed by atoms with Crippen LogP contribution in [0, 0.1) is 17.8 Å². The summed E-state index contributed by atoms with van der Waals surface area (Å²) in [5.74, 6) is 1.97. The smallest absolute Gasteiger partial charge is 0.265 e. The number of phenols is 2. The first kappa shape index (κ1) is 23.4. The van der Waals surface area contributed by atoms with E-state index in [0.29, 0.717) is 17.8 Å². The van der Waals surface area contributed by atoms with Crippen LogP contribution in [0.15, 0.2) is 30.5 Å². The van der Waals surface area contributed by atoms with Gasteiger partial charge in [0.05, 0.1) is 6.20 Å². The number of anilines is 1. The molecule has 1 aromatic heterocycles. The molecule has 4 saturated carbocycles. The maximum atomic E-state index is 13.4. The monoisotopic (exact) mass is 487 g/mol. The average Bonchev–Trinajstić information content (AvgIpc) is 3.32. The van der Waals surface area contributed by atoms with Crippen molar-refractivity contribution in [3.8, 4) is 11.5 Å². The topological polar surface area (TPSA) is 98.2 Å². The van der Waals surface area contributed by atoms with Gasteiger partial charge in [-0.25, -0.2) is 4.98 Å². The van der Waals surface area contributed by atoms with E-state index in [1.807, 2.05) is 24.4 Å². The second kappa shape index (κ2) is 9.13. The zero-order valence-corrected chi connectivity index (χ0v) is 21.1. The Labute approximate surface area is 212 Å². The van der Waals surface area contributed by atoms with Crippen LogP contribution >= 0.6 is 0 Å². The Hall–Kier alpha value is -3.02. The van der Waals surface area contributed by atoms with E-state index in [1.165, 1.54) is 38.5 Å². The molecule has 1 amide bonds. The number of benzene rings is 2. The van der Waals surface area contributed by atoms with Gasteiger partial charge in [-0.1, -0.05) is 50.5 Å². The van der Waals surface area contributed by atoms with Crippen molar-refractivity contribution in [3.05, 3.63) is 47.3 Å². The molecule has 190 valence electrons. The molecule has 0 unspecified atom stereocenters. The Kier molecular flexibility index (Phi) is 5.93. The van der Waals surface area contributed by atoms with Gasteiger partial charge >= 0.3 is 0 Å². The first-order chi connectivity index (χ1) is 17.5. The summed E-state index contributed by atoms with van der Waals surface area (Å²) in [5.41, 5.74) is 1.93. The van der Waals surface area contributed by atoms with E-state index in [2.05, 4.69) is 22.2 Å². The van der Waals surface area contributed by atoms with E-state index in [0.717, 1.165) is 60.1 Å². The SMILES string of the molecule is CCCCCCc1c(O)c(C(=O)Nc2ncc(C34CC5CC(CC(C5)C3)C4)[nH]2)c(O)c2ccccc12. The van der Waals surface area contributed by atoms with Crippen molar-refractivity contribution in [1.29, 1.82) is 0 Å². The fourth-order valence-corrected chi connectivity index (χ4v) is 7.94. The van der Waals surface area contributed by atoms with Gasteiger partial charge in [0.1, 0.15) is 17.1 Å². The first-order valence-corrected chi connectivity index (χ1v) is 13.8. The number of carbonyl (C=O) groups is 1. The van der Waals surface area contributed by atoms with Crippen molar-refractivity contribution >= 4 is 22.6 Å². The molecule has 7 rings (SSSR count). The molecule has 0 saturated heterocycles. The highest BCUT2D eigenvalue weighted by atomic mass is 16.3. The van der Waals surface area contributed by atoms with E-state index in [4.69, 9.17) is 0 Å². The summed E-state index contributed by atoms with van der Waals surface area (Å²) in [4.78, 5) is 21.3. The number of aromatic hydroxyl groups is 2. The van der Waals surface area contributed by atoms with Crippen LogP contribution in [0.25, 0.3) is 10.8 Å². The largest absolute Gasteiger partial charge is 0.507 e. The number of nitrogens with zero attached hydrogens (tertiary/aromatic N) is 1. The van der Waals surface area contributed by atoms with Crippen molar-refractivity contribution < 1.29 is 15.0 Å². The van der Waals surface area contributed by atoms with Crippen LogP contribution < -0.4 is 5.32 Å². The lowest BCUT2D eigenvalue weighted by atomic mass is 9.49.